The topological polar surface area (TPSA) is 62.3 Å². The molecule has 1 rings (SSSR count). The predicted molar refractivity (Wildman–Crippen MR) is 62.2 cm³/mol. The highest BCUT2D eigenvalue weighted by Crippen LogP contribution is 2.18. The lowest BCUT2D eigenvalue weighted by molar-refractivity contribution is 0.0275. The van der Waals surface area contributed by atoms with Crippen LogP contribution in [0, 0.1) is 5.41 Å². The Bertz CT molecular complexity index is 200. The molecule has 1 atom stereocenters. The van der Waals surface area contributed by atoms with E-state index < -0.39 is 0 Å². The van der Waals surface area contributed by atoms with E-state index in [1.165, 1.54) is 0 Å². The Kier molecular flexibility index (Phi) is 5.05. The second-order valence-corrected chi connectivity index (χ2v) is 4.26. The number of hydrogen-bond donors (Lipinski definition) is 2. The Morgan fingerprint density at radius 1 is 1.53 bits per heavy atom. The summed E-state index contributed by atoms with van der Waals surface area (Å²) in [5, 5.41) is 7.35. The molecule has 1 fully saturated rings. The summed E-state index contributed by atoms with van der Waals surface area (Å²) in [7, 11) is 1.78. The van der Waals surface area contributed by atoms with Crippen LogP contribution in [0.2, 0.25) is 0 Å². The van der Waals surface area contributed by atoms with Gasteiger partial charge in [0.1, 0.15) is 0 Å². The normalized spacial score (nSPS) is 21.5. The van der Waals surface area contributed by atoms with Gasteiger partial charge in [-0.05, 0) is 19.3 Å². The van der Waals surface area contributed by atoms with Crippen molar-refractivity contribution in [2.24, 2.45) is 5.73 Å². The summed E-state index contributed by atoms with van der Waals surface area (Å²) in [5.41, 5.74) is 5.46. The molecule has 1 saturated heterocycles. The third-order valence-electron chi connectivity index (χ3n) is 3.25. The summed E-state index contributed by atoms with van der Waals surface area (Å²) < 4.78 is 5.34. The minimum Gasteiger partial charge on any atom is -0.388 e. The second kappa shape index (κ2) is 6.08. The fraction of sp³-hybridized carbons (Fsp3) is 0.909. The van der Waals surface area contributed by atoms with E-state index >= 15 is 0 Å². The van der Waals surface area contributed by atoms with Crippen LogP contribution in [0.15, 0.2) is 0 Å². The molecule has 1 aliphatic rings. The molecule has 0 aromatic heterocycles. The Balaban J connectivity index is 2.39. The lowest BCUT2D eigenvalue weighted by Crippen LogP contribution is -2.44. The Morgan fingerprint density at radius 2 is 2.13 bits per heavy atom. The number of methoxy groups -OCH3 is 1. The Hall–Kier alpha value is -0.610. The molecule has 4 heteroatoms. The highest BCUT2D eigenvalue weighted by atomic mass is 16.5. The molecule has 0 saturated carbocycles. The van der Waals surface area contributed by atoms with E-state index in [2.05, 4.69) is 11.8 Å². The molecule has 0 bridgehead atoms. The lowest BCUT2D eigenvalue weighted by atomic mass is 10.0. The van der Waals surface area contributed by atoms with Gasteiger partial charge in [-0.2, -0.15) is 0 Å². The van der Waals surface area contributed by atoms with Gasteiger partial charge in [-0.25, -0.2) is 0 Å². The molecule has 0 radical (unpaired) electrons. The van der Waals surface area contributed by atoms with Gasteiger partial charge in [0.25, 0.3) is 0 Å². The van der Waals surface area contributed by atoms with Crippen molar-refractivity contribution in [1.29, 1.82) is 5.41 Å². The third kappa shape index (κ3) is 3.80. The van der Waals surface area contributed by atoms with Crippen LogP contribution in [0.1, 0.15) is 32.6 Å². The van der Waals surface area contributed by atoms with Gasteiger partial charge < -0.3 is 10.5 Å². The average Bonchev–Trinajstić information content (AvgIpc) is 2.26. The number of rotatable bonds is 5. The Labute approximate surface area is 92.3 Å². The molecule has 0 aromatic carbocycles. The van der Waals surface area contributed by atoms with Crippen molar-refractivity contribution in [3.8, 4) is 0 Å². The van der Waals surface area contributed by atoms with Crippen molar-refractivity contribution in [1.82, 2.24) is 4.90 Å². The van der Waals surface area contributed by atoms with Gasteiger partial charge in [-0.1, -0.05) is 6.92 Å². The van der Waals surface area contributed by atoms with Gasteiger partial charge in [-0.3, -0.25) is 10.3 Å². The minimum atomic E-state index is 0.302. The molecular formula is C11H23N3O. The van der Waals surface area contributed by atoms with Gasteiger partial charge >= 0.3 is 0 Å². The Morgan fingerprint density at radius 3 is 2.53 bits per heavy atom. The predicted octanol–water partition coefficient (Wildman–Crippen LogP) is 1.20. The van der Waals surface area contributed by atoms with Crippen LogP contribution in [-0.4, -0.2) is 43.1 Å². The van der Waals surface area contributed by atoms with Crippen molar-refractivity contribution in [3.63, 3.8) is 0 Å². The van der Waals surface area contributed by atoms with Crippen molar-refractivity contribution in [2.75, 3.05) is 20.2 Å². The van der Waals surface area contributed by atoms with Gasteiger partial charge in [0.2, 0.25) is 0 Å². The van der Waals surface area contributed by atoms with Gasteiger partial charge in [-0.15, -0.1) is 0 Å². The third-order valence-corrected chi connectivity index (χ3v) is 3.25. The van der Waals surface area contributed by atoms with Crippen molar-refractivity contribution < 1.29 is 4.74 Å². The molecular weight excluding hydrogens is 190 g/mol. The molecule has 15 heavy (non-hydrogen) atoms. The molecule has 4 nitrogen and oxygen atoms in total. The first-order valence-corrected chi connectivity index (χ1v) is 5.77. The number of ether oxygens (including phenoxy) is 1. The van der Waals surface area contributed by atoms with Gasteiger partial charge in [0, 0.05) is 32.7 Å². The van der Waals surface area contributed by atoms with E-state index in [0.29, 0.717) is 24.4 Å². The van der Waals surface area contributed by atoms with E-state index in [9.17, 15) is 0 Å². The summed E-state index contributed by atoms with van der Waals surface area (Å²) in [4.78, 5) is 2.44. The first-order chi connectivity index (χ1) is 7.17. The zero-order valence-electron chi connectivity index (χ0n) is 9.83. The van der Waals surface area contributed by atoms with Crippen LogP contribution in [0.3, 0.4) is 0 Å². The van der Waals surface area contributed by atoms with Crippen molar-refractivity contribution in [2.45, 2.75) is 44.8 Å². The number of nitrogens with two attached hydrogens (primary N) is 1. The van der Waals surface area contributed by atoms with Crippen LogP contribution < -0.4 is 5.73 Å². The minimum absolute atomic E-state index is 0.302. The van der Waals surface area contributed by atoms with Crippen LogP contribution in [-0.2, 0) is 4.74 Å². The fourth-order valence-corrected chi connectivity index (χ4v) is 2.26. The number of hydrogen-bond acceptors (Lipinski definition) is 3. The summed E-state index contributed by atoms with van der Waals surface area (Å²) in [6.45, 7) is 4.31. The molecule has 0 spiro atoms. The fourth-order valence-electron chi connectivity index (χ4n) is 2.26. The van der Waals surface area contributed by atoms with E-state index in [1.807, 2.05) is 0 Å². The van der Waals surface area contributed by atoms with E-state index in [0.717, 1.165) is 32.4 Å². The summed E-state index contributed by atoms with van der Waals surface area (Å²) >= 11 is 0. The van der Waals surface area contributed by atoms with Crippen LogP contribution in [0.25, 0.3) is 0 Å². The van der Waals surface area contributed by atoms with Gasteiger partial charge in [0.15, 0.2) is 0 Å². The van der Waals surface area contributed by atoms with Crippen molar-refractivity contribution in [3.05, 3.63) is 0 Å². The first kappa shape index (κ1) is 12.5. The maximum atomic E-state index is 7.35. The SMILES string of the molecule is CCC(CC(=N)N)N1CCC(OC)CC1. The quantitative estimate of drug-likeness (QED) is 0.533. The standard InChI is InChI=1S/C11H23N3O/c1-3-9(8-11(12)13)14-6-4-10(15-2)5-7-14/h9-10H,3-8H2,1-2H3,(H3,12,13). The van der Waals surface area contributed by atoms with E-state index in [4.69, 9.17) is 15.9 Å². The zero-order chi connectivity index (χ0) is 11.3. The average molecular weight is 213 g/mol. The highest BCUT2D eigenvalue weighted by molar-refractivity contribution is 5.77. The number of likely N-dealkylation sites (tertiary alicyclic amines) is 1. The largest absolute Gasteiger partial charge is 0.388 e. The summed E-state index contributed by atoms with van der Waals surface area (Å²) in [6.07, 6.45) is 4.40. The van der Waals surface area contributed by atoms with Crippen molar-refractivity contribution >= 4 is 5.84 Å². The van der Waals surface area contributed by atoms with Gasteiger partial charge in [0.05, 0.1) is 11.9 Å². The molecule has 0 amide bonds. The number of amidine groups is 1. The van der Waals surface area contributed by atoms with Crippen LogP contribution in [0.5, 0.6) is 0 Å². The second-order valence-electron chi connectivity index (χ2n) is 4.26. The molecule has 1 heterocycles. The number of nitrogens with zero attached hydrogens (tertiary/aromatic N) is 1. The first-order valence-electron chi connectivity index (χ1n) is 5.77. The zero-order valence-corrected chi connectivity index (χ0v) is 9.83. The molecule has 1 aliphatic heterocycles. The van der Waals surface area contributed by atoms with Crippen LogP contribution >= 0.6 is 0 Å². The van der Waals surface area contributed by atoms with E-state index in [1.54, 1.807) is 7.11 Å². The number of nitrogens with one attached hydrogen (secondary N) is 1. The van der Waals surface area contributed by atoms with E-state index in [-0.39, 0.29) is 0 Å². The summed E-state index contributed by atoms with van der Waals surface area (Å²) in [6, 6.07) is 0.445. The molecule has 3 N–H and O–H groups in total. The monoisotopic (exact) mass is 213 g/mol. The maximum absolute atomic E-state index is 7.35. The molecule has 0 aromatic rings. The maximum Gasteiger partial charge on any atom is 0.0921 e. The van der Waals surface area contributed by atoms with Crippen LogP contribution in [0.4, 0.5) is 0 Å². The number of piperidine rings is 1. The molecule has 1 unspecified atom stereocenters. The highest BCUT2D eigenvalue weighted by Gasteiger charge is 2.24. The molecule has 0 aliphatic carbocycles. The smallest absolute Gasteiger partial charge is 0.0921 e. The summed E-state index contributed by atoms with van der Waals surface area (Å²) in [5.74, 6) is 0.302. The molecule has 88 valence electrons. The lowest BCUT2D eigenvalue weighted by Gasteiger charge is -2.36.